The number of benzene rings is 2. The van der Waals surface area contributed by atoms with Gasteiger partial charge in [0.2, 0.25) is 10.0 Å². The minimum atomic E-state index is -3.60. The maximum absolute atomic E-state index is 12.8. The molecule has 1 N–H and O–H groups in total. The maximum atomic E-state index is 12.8. The molecule has 1 aliphatic rings. The molecule has 1 amide bonds. The molecule has 2 aromatic carbocycles. The number of aryl methyl sites for hydroxylation is 1. The predicted octanol–water partition coefficient (Wildman–Crippen LogP) is 4.11. The van der Waals surface area contributed by atoms with Gasteiger partial charge in [0.1, 0.15) is 5.75 Å². The van der Waals surface area contributed by atoms with Crippen molar-refractivity contribution in [2.24, 2.45) is 0 Å². The van der Waals surface area contributed by atoms with Crippen molar-refractivity contribution in [1.82, 2.24) is 0 Å². The van der Waals surface area contributed by atoms with E-state index in [1.54, 1.807) is 24.3 Å². The summed E-state index contributed by atoms with van der Waals surface area (Å²) < 4.78 is 32.0. The topological polar surface area (TPSA) is 75.7 Å². The molecular weight excluding hydrogens is 412 g/mol. The van der Waals surface area contributed by atoms with Crippen LogP contribution in [0.25, 0.3) is 0 Å². The van der Waals surface area contributed by atoms with Gasteiger partial charge < -0.3 is 10.1 Å². The highest BCUT2D eigenvalue weighted by Crippen LogP contribution is 2.38. The van der Waals surface area contributed by atoms with Gasteiger partial charge in [0.15, 0.2) is 6.10 Å². The van der Waals surface area contributed by atoms with Gasteiger partial charge in [0.05, 0.1) is 18.5 Å². The molecule has 29 heavy (non-hydrogen) atoms. The highest BCUT2D eigenvalue weighted by atomic mass is 35.5. The molecule has 1 atom stereocenters. The number of hydrogen-bond acceptors (Lipinski definition) is 4. The SMILES string of the molecule is Cc1ccc(Cl)cc1NC(=O)[C@H]1CN(S(C)(=O)=O)c2cc(C(C)(C)C)ccc2O1. The Labute approximate surface area is 176 Å². The molecule has 0 spiro atoms. The molecule has 0 saturated carbocycles. The number of carbonyl (C=O) groups excluding carboxylic acids is 1. The van der Waals surface area contributed by atoms with Gasteiger partial charge in [-0.2, -0.15) is 0 Å². The third kappa shape index (κ3) is 4.67. The van der Waals surface area contributed by atoms with E-state index in [4.69, 9.17) is 16.3 Å². The molecule has 0 fully saturated rings. The third-order valence-corrected chi connectivity index (χ3v) is 6.23. The van der Waals surface area contributed by atoms with Crippen molar-refractivity contribution in [3.05, 3.63) is 52.5 Å². The zero-order valence-electron chi connectivity index (χ0n) is 17.1. The van der Waals surface area contributed by atoms with Crippen LogP contribution in [-0.4, -0.2) is 33.2 Å². The second kappa shape index (κ2) is 7.54. The lowest BCUT2D eigenvalue weighted by molar-refractivity contribution is -0.122. The van der Waals surface area contributed by atoms with Crippen molar-refractivity contribution in [1.29, 1.82) is 0 Å². The highest BCUT2D eigenvalue weighted by molar-refractivity contribution is 7.92. The summed E-state index contributed by atoms with van der Waals surface area (Å²) in [4.78, 5) is 12.8. The number of nitrogens with zero attached hydrogens (tertiary/aromatic N) is 1. The van der Waals surface area contributed by atoms with Crippen molar-refractivity contribution in [2.75, 3.05) is 22.4 Å². The van der Waals surface area contributed by atoms with Gasteiger partial charge in [-0.3, -0.25) is 9.10 Å². The number of sulfonamides is 1. The second-order valence-corrected chi connectivity index (χ2v) is 10.6. The Hall–Kier alpha value is -2.25. The van der Waals surface area contributed by atoms with E-state index < -0.39 is 22.0 Å². The molecule has 156 valence electrons. The Balaban J connectivity index is 1.94. The van der Waals surface area contributed by atoms with Crippen LogP contribution in [0.5, 0.6) is 5.75 Å². The summed E-state index contributed by atoms with van der Waals surface area (Å²) in [7, 11) is -3.60. The zero-order valence-corrected chi connectivity index (χ0v) is 18.7. The van der Waals surface area contributed by atoms with E-state index in [1.165, 1.54) is 4.31 Å². The van der Waals surface area contributed by atoms with Gasteiger partial charge in [-0.25, -0.2) is 8.42 Å². The first-order chi connectivity index (χ1) is 13.4. The quantitative estimate of drug-likeness (QED) is 0.785. The molecule has 1 heterocycles. The number of carbonyl (C=O) groups is 1. The molecule has 0 saturated heterocycles. The van der Waals surface area contributed by atoms with Gasteiger partial charge in [-0.05, 0) is 47.7 Å². The minimum Gasteiger partial charge on any atom is -0.476 e. The Kier molecular flexibility index (Phi) is 5.58. The first-order valence-corrected chi connectivity index (χ1v) is 11.4. The predicted molar refractivity (Wildman–Crippen MR) is 117 cm³/mol. The molecule has 0 bridgehead atoms. The van der Waals surface area contributed by atoms with Gasteiger partial charge >= 0.3 is 0 Å². The fourth-order valence-corrected chi connectivity index (χ4v) is 4.19. The first kappa shape index (κ1) is 21.5. The molecule has 1 aliphatic heterocycles. The number of hydrogen-bond donors (Lipinski definition) is 1. The summed E-state index contributed by atoms with van der Waals surface area (Å²) in [5.41, 5.74) is 2.67. The van der Waals surface area contributed by atoms with Crippen molar-refractivity contribution >= 4 is 38.9 Å². The molecule has 0 aliphatic carbocycles. The number of ether oxygens (including phenoxy) is 1. The number of rotatable bonds is 3. The fraction of sp³-hybridized carbons (Fsp3) is 0.381. The number of nitrogens with one attached hydrogen (secondary N) is 1. The van der Waals surface area contributed by atoms with Gasteiger partial charge in [-0.1, -0.05) is 44.5 Å². The highest BCUT2D eigenvalue weighted by Gasteiger charge is 2.36. The standard InChI is InChI=1S/C21H25ClN2O4S/c1-13-6-8-15(22)11-16(13)23-20(25)19-12-24(29(5,26)27)17-10-14(21(2,3)4)7-9-18(17)28-19/h6-11,19H,12H2,1-5H3,(H,23,25)/t19-/m1/s1. The number of halogens is 1. The average molecular weight is 437 g/mol. The monoisotopic (exact) mass is 436 g/mol. The Morgan fingerprint density at radius 2 is 1.90 bits per heavy atom. The Morgan fingerprint density at radius 1 is 1.21 bits per heavy atom. The van der Waals surface area contributed by atoms with Gasteiger partial charge in [-0.15, -0.1) is 0 Å². The Bertz CT molecular complexity index is 1060. The van der Waals surface area contributed by atoms with E-state index in [-0.39, 0.29) is 12.0 Å². The van der Waals surface area contributed by atoms with Gasteiger partial charge in [0, 0.05) is 10.7 Å². The van der Waals surface area contributed by atoms with E-state index in [2.05, 4.69) is 5.32 Å². The minimum absolute atomic E-state index is 0.106. The van der Waals surface area contributed by atoms with Crippen LogP contribution in [0.4, 0.5) is 11.4 Å². The van der Waals surface area contributed by atoms with Crippen molar-refractivity contribution in [2.45, 2.75) is 39.2 Å². The second-order valence-electron chi connectivity index (χ2n) is 8.28. The lowest BCUT2D eigenvalue weighted by Gasteiger charge is -2.35. The summed E-state index contributed by atoms with van der Waals surface area (Å²) in [6.07, 6.45) is 0.137. The molecule has 2 aromatic rings. The van der Waals surface area contributed by atoms with Gasteiger partial charge in [0.25, 0.3) is 5.91 Å². The molecular formula is C21H25ClN2O4S. The summed E-state index contributed by atoms with van der Waals surface area (Å²) in [5, 5.41) is 3.28. The van der Waals surface area contributed by atoms with Crippen LogP contribution in [-0.2, 0) is 20.2 Å². The van der Waals surface area contributed by atoms with Crippen LogP contribution in [0.3, 0.4) is 0 Å². The van der Waals surface area contributed by atoms with Crippen molar-refractivity contribution in [3.63, 3.8) is 0 Å². The van der Waals surface area contributed by atoms with E-state index in [0.717, 1.165) is 17.4 Å². The summed E-state index contributed by atoms with van der Waals surface area (Å²) in [6.45, 7) is 7.89. The molecule has 3 rings (SSSR count). The maximum Gasteiger partial charge on any atom is 0.267 e. The lowest BCUT2D eigenvalue weighted by atomic mass is 9.86. The molecule has 0 radical (unpaired) electrons. The van der Waals surface area contributed by atoms with Crippen LogP contribution in [0.2, 0.25) is 5.02 Å². The number of fused-ring (bicyclic) bond motifs is 1. The van der Waals surface area contributed by atoms with Crippen LogP contribution in [0.15, 0.2) is 36.4 Å². The molecule has 0 aromatic heterocycles. The third-order valence-electron chi connectivity index (χ3n) is 4.84. The van der Waals surface area contributed by atoms with Crippen molar-refractivity contribution in [3.8, 4) is 5.75 Å². The summed E-state index contributed by atoms with van der Waals surface area (Å²) in [6, 6.07) is 10.6. The Morgan fingerprint density at radius 3 is 2.52 bits per heavy atom. The van der Waals surface area contributed by atoms with E-state index in [9.17, 15) is 13.2 Å². The van der Waals surface area contributed by atoms with E-state index >= 15 is 0 Å². The molecule has 0 unspecified atom stereocenters. The van der Waals surface area contributed by atoms with Crippen LogP contribution in [0.1, 0.15) is 31.9 Å². The summed E-state index contributed by atoms with van der Waals surface area (Å²) in [5.74, 6) is -0.0767. The van der Waals surface area contributed by atoms with E-state index in [0.29, 0.717) is 22.1 Å². The zero-order chi connectivity index (χ0) is 21.6. The summed E-state index contributed by atoms with van der Waals surface area (Å²) >= 11 is 6.02. The van der Waals surface area contributed by atoms with Crippen molar-refractivity contribution < 1.29 is 17.9 Å². The largest absolute Gasteiger partial charge is 0.476 e. The number of anilines is 2. The molecule has 8 heteroatoms. The van der Waals surface area contributed by atoms with E-state index in [1.807, 2.05) is 39.8 Å². The van der Waals surface area contributed by atoms with Crippen LogP contribution < -0.4 is 14.4 Å². The average Bonchev–Trinajstić information content (AvgIpc) is 2.61. The van der Waals surface area contributed by atoms with Crippen LogP contribution in [0, 0.1) is 6.92 Å². The van der Waals surface area contributed by atoms with Crippen LogP contribution >= 0.6 is 11.6 Å². The number of amides is 1. The smallest absolute Gasteiger partial charge is 0.267 e. The first-order valence-electron chi connectivity index (χ1n) is 9.22. The molecule has 6 nitrogen and oxygen atoms in total. The normalized spacial score (nSPS) is 16.8. The fourth-order valence-electron chi connectivity index (χ4n) is 3.11. The lowest BCUT2D eigenvalue weighted by Crippen LogP contribution is -2.48.